The Labute approximate surface area is 103 Å². The minimum absolute atomic E-state index is 0.293. The number of imidazole rings is 1. The van der Waals surface area contributed by atoms with Crippen molar-refractivity contribution in [1.29, 1.82) is 0 Å². The molecule has 17 heavy (non-hydrogen) atoms. The Bertz CT molecular complexity index is 386. The lowest BCUT2D eigenvalue weighted by Crippen LogP contribution is -2.28. The smallest absolute Gasteiger partial charge is 0.109 e. The number of ether oxygens (including phenoxy) is 1. The van der Waals surface area contributed by atoms with Crippen LogP contribution in [0.4, 0.5) is 0 Å². The molecule has 1 aliphatic carbocycles. The lowest BCUT2D eigenvalue weighted by Gasteiger charge is -2.18. The molecule has 2 atom stereocenters. The third-order valence-electron chi connectivity index (χ3n) is 3.58. The Hall–Kier alpha value is -0.870. The molecule has 0 saturated carbocycles. The van der Waals surface area contributed by atoms with Gasteiger partial charge in [0, 0.05) is 45.3 Å². The third-order valence-corrected chi connectivity index (χ3v) is 3.58. The largest absolute Gasteiger partial charge is 0.384 e. The molecule has 0 radical (unpaired) electrons. The molecule has 1 aliphatic rings. The molecular formula is C13H23N3O. The van der Waals surface area contributed by atoms with Crippen LogP contribution in [0, 0.1) is 5.92 Å². The molecule has 0 spiro atoms. The van der Waals surface area contributed by atoms with Crippen molar-refractivity contribution in [3.8, 4) is 0 Å². The van der Waals surface area contributed by atoms with Crippen molar-refractivity contribution in [3.05, 3.63) is 17.2 Å². The Morgan fingerprint density at radius 2 is 2.35 bits per heavy atom. The molecule has 2 rings (SSSR count). The van der Waals surface area contributed by atoms with Crippen LogP contribution in [0.25, 0.3) is 0 Å². The van der Waals surface area contributed by atoms with Gasteiger partial charge in [0.25, 0.3) is 0 Å². The van der Waals surface area contributed by atoms with Crippen LogP contribution in [-0.4, -0.2) is 29.3 Å². The Kier molecular flexibility index (Phi) is 3.84. The van der Waals surface area contributed by atoms with Gasteiger partial charge in [-0.05, 0) is 18.8 Å². The highest BCUT2D eigenvalue weighted by Crippen LogP contribution is 2.22. The van der Waals surface area contributed by atoms with Gasteiger partial charge < -0.3 is 15.0 Å². The zero-order chi connectivity index (χ0) is 12.4. The van der Waals surface area contributed by atoms with Crippen molar-refractivity contribution in [2.45, 2.75) is 38.6 Å². The van der Waals surface area contributed by atoms with Gasteiger partial charge in [0.1, 0.15) is 5.82 Å². The summed E-state index contributed by atoms with van der Waals surface area (Å²) >= 11 is 0. The fraction of sp³-hybridized carbons (Fsp3) is 0.769. The van der Waals surface area contributed by atoms with E-state index in [2.05, 4.69) is 18.5 Å². The zero-order valence-electron chi connectivity index (χ0n) is 11.1. The topological polar surface area (TPSA) is 53.1 Å². The van der Waals surface area contributed by atoms with Crippen LogP contribution in [0.15, 0.2) is 0 Å². The van der Waals surface area contributed by atoms with Crippen LogP contribution < -0.4 is 5.73 Å². The summed E-state index contributed by atoms with van der Waals surface area (Å²) < 4.78 is 7.44. The highest BCUT2D eigenvalue weighted by Gasteiger charge is 2.22. The predicted molar refractivity (Wildman–Crippen MR) is 68.0 cm³/mol. The molecule has 1 aromatic heterocycles. The van der Waals surface area contributed by atoms with E-state index in [1.165, 1.54) is 17.2 Å². The number of aromatic nitrogens is 2. The van der Waals surface area contributed by atoms with Crippen molar-refractivity contribution in [1.82, 2.24) is 9.55 Å². The van der Waals surface area contributed by atoms with E-state index in [0.29, 0.717) is 12.0 Å². The summed E-state index contributed by atoms with van der Waals surface area (Å²) in [5.41, 5.74) is 8.58. The molecule has 2 unspecified atom stereocenters. The number of nitrogens with two attached hydrogens (primary N) is 1. The Morgan fingerprint density at radius 1 is 1.59 bits per heavy atom. The lowest BCUT2D eigenvalue weighted by molar-refractivity contribution is 0.158. The van der Waals surface area contributed by atoms with Crippen LogP contribution in [0.5, 0.6) is 0 Å². The molecule has 0 saturated heterocycles. The lowest BCUT2D eigenvalue weighted by atomic mass is 9.97. The summed E-state index contributed by atoms with van der Waals surface area (Å²) in [6.07, 6.45) is 4.06. The van der Waals surface area contributed by atoms with Crippen LogP contribution in [-0.2, 0) is 31.0 Å². The molecule has 96 valence electrons. The summed E-state index contributed by atoms with van der Waals surface area (Å²) in [5, 5.41) is 0. The maximum absolute atomic E-state index is 5.99. The standard InChI is InChI=1S/C13H23N3O/c1-9(8-17-3)6-13-15-11-7-10(14)4-5-12(11)16(13)2/h9-10H,4-8,14H2,1-3H3. The second-order valence-electron chi connectivity index (χ2n) is 5.25. The summed E-state index contributed by atoms with van der Waals surface area (Å²) in [7, 11) is 3.87. The summed E-state index contributed by atoms with van der Waals surface area (Å²) in [6, 6.07) is 0.293. The molecule has 0 fully saturated rings. The fourth-order valence-electron chi connectivity index (χ4n) is 2.63. The minimum atomic E-state index is 0.293. The van der Waals surface area contributed by atoms with Gasteiger partial charge in [-0.25, -0.2) is 4.98 Å². The van der Waals surface area contributed by atoms with E-state index in [-0.39, 0.29) is 0 Å². The van der Waals surface area contributed by atoms with Gasteiger partial charge in [-0.3, -0.25) is 0 Å². The number of fused-ring (bicyclic) bond motifs is 1. The van der Waals surface area contributed by atoms with Crippen LogP contribution in [0.2, 0.25) is 0 Å². The molecule has 1 aromatic rings. The zero-order valence-corrected chi connectivity index (χ0v) is 11.1. The van der Waals surface area contributed by atoms with Gasteiger partial charge in [-0.15, -0.1) is 0 Å². The van der Waals surface area contributed by atoms with E-state index >= 15 is 0 Å². The molecule has 4 heteroatoms. The number of rotatable bonds is 4. The first kappa shape index (κ1) is 12.6. The highest BCUT2D eigenvalue weighted by molar-refractivity contribution is 5.21. The Morgan fingerprint density at radius 3 is 3.06 bits per heavy atom. The van der Waals surface area contributed by atoms with Crippen molar-refractivity contribution in [3.63, 3.8) is 0 Å². The third kappa shape index (κ3) is 2.69. The molecule has 0 aliphatic heterocycles. The highest BCUT2D eigenvalue weighted by atomic mass is 16.5. The first-order valence-electron chi connectivity index (χ1n) is 6.39. The molecule has 4 nitrogen and oxygen atoms in total. The van der Waals surface area contributed by atoms with Crippen molar-refractivity contribution in [2.24, 2.45) is 18.7 Å². The summed E-state index contributed by atoms with van der Waals surface area (Å²) in [5.74, 6) is 1.69. The SMILES string of the molecule is COCC(C)Cc1nc2c(n1C)CCC(N)C2. The van der Waals surface area contributed by atoms with E-state index in [9.17, 15) is 0 Å². The minimum Gasteiger partial charge on any atom is -0.384 e. The Balaban J connectivity index is 2.14. The van der Waals surface area contributed by atoms with Gasteiger partial charge in [0.15, 0.2) is 0 Å². The number of hydrogen-bond acceptors (Lipinski definition) is 3. The first-order valence-corrected chi connectivity index (χ1v) is 6.39. The quantitative estimate of drug-likeness (QED) is 0.852. The van der Waals surface area contributed by atoms with E-state index in [0.717, 1.165) is 32.3 Å². The van der Waals surface area contributed by atoms with E-state index < -0.39 is 0 Å². The van der Waals surface area contributed by atoms with Crippen molar-refractivity contribution >= 4 is 0 Å². The molecule has 2 N–H and O–H groups in total. The number of hydrogen-bond donors (Lipinski definition) is 1. The van der Waals surface area contributed by atoms with Gasteiger partial charge >= 0.3 is 0 Å². The van der Waals surface area contributed by atoms with Gasteiger partial charge in [-0.1, -0.05) is 6.92 Å². The normalized spacial score (nSPS) is 21.3. The summed E-state index contributed by atoms with van der Waals surface area (Å²) in [6.45, 7) is 2.99. The monoisotopic (exact) mass is 237 g/mol. The number of methoxy groups -OCH3 is 1. The maximum Gasteiger partial charge on any atom is 0.109 e. The average Bonchev–Trinajstić information content (AvgIpc) is 2.55. The van der Waals surface area contributed by atoms with E-state index in [4.69, 9.17) is 15.5 Å². The second kappa shape index (κ2) is 5.19. The fourth-order valence-corrected chi connectivity index (χ4v) is 2.63. The van der Waals surface area contributed by atoms with Gasteiger partial charge in [0.2, 0.25) is 0 Å². The summed E-state index contributed by atoms with van der Waals surface area (Å²) in [4.78, 5) is 4.75. The predicted octanol–water partition coefficient (Wildman–Crippen LogP) is 1.06. The first-order chi connectivity index (χ1) is 8.11. The molecular weight excluding hydrogens is 214 g/mol. The van der Waals surface area contributed by atoms with Gasteiger partial charge in [0.05, 0.1) is 5.69 Å². The van der Waals surface area contributed by atoms with Crippen LogP contribution >= 0.6 is 0 Å². The van der Waals surface area contributed by atoms with E-state index in [1.807, 2.05) is 0 Å². The molecule has 1 heterocycles. The molecule has 0 amide bonds. The van der Waals surface area contributed by atoms with E-state index in [1.54, 1.807) is 7.11 Å². The van der Waals surface area contributed by atoms with Crippen LogP contribution in [0.1, 0.15) is 30.6 Å². The van der Waals surface area contributed by atoms with Crippen molar-refractivity contribution in [2.75, 3.05) is 13.7 Å². The van der Waals surface area contributed by atoms with Gasteiger partial charge in [-0.2, -0.15) is 0 Å². The maximum atomic E-state index is 5.99. The second-order valence-corrected chi connectivity index (χ2v) is 5.25. The number of nitrogens with zero attached hydrogens (tertiary/aromatic N) is 2. The molecule has 0 aromatic carbocycles. The van der Waals surface area contributed by atoms with Crippen molar-refractivity contribution < 1.29 is 4.74 Å². The van der Waals surface area contributed by atoms with Crippen LogP contribution in [0.3, 0.4) is 0 Å². The average molecular weight is 237 g/mol. The molecule has 0 bridgehead atoms.